The number of rotatable bonds is 4. The molecular weight excluding hydrogens is 328 g/mol. The number of hydrazone groups is 1. The summed E-state index contributed by atoms with van der Waals surface area (Å²) in [4.78, 5) is 24.1. The van der Waals surface area contributed by atoms with Gasteiger partial charge in [-0.05, 0) is 36.4 Å². The van der Waals surface area contributed by atoms with Crippen molar-refractivity contribution in [2.45, 2.75) is 12.5 Å². The number of halogens is 1. The molecule has 122 valence electrons. The molecule has 0 spiro atoms. The van der Waals surface area contributed by atoms with Crippen molar-refractivity contribution in [3.8, 4) is 0 Å². The quantitative estimate of drug-likeness (QED) is 0.894. The Balaban J connectivity index is 1.81. The molecule has 1 unspecified atom stereocenters. The van der Waals surface area contributed by atoms with Crippen molar-refractivity contribution in [1.82, 2.24) is 0 Å². The van der Waals surface area contributed by atoms with E-state index in [1.54, 1.807) is 36.4 Å². The van der Waals surface area contributed by atoms with E-state index in [1.807, 2.05) is 18.2 Å². The molecule has 0 radical (unpaired) electrons. The molecule has 6 nitrogen and oxygen atoms in total. The van der Waals surface area contributed by atoms with Gasteiger partial charge in [-0.25, -0.2) is 0 Å². The fraction of sp³-hybridized carbons (Fsp3) is 0.118. The van der Waals surface area contributed by atoms with Crippen LogP contribution < -0.4 is 16.1 Å². The first-order chi connectivity index (χ1) is 11.5. The van der Waals surface area contributed by atoms with E-state index in [0.29, 0.717) is 16.4 Å². The Morgan fingerprint density at radius 1 is 1.12 bits per heavy atom. The lowest BCUT2D eigenvalue weighted by Gasteiger charge is -2.20. The first-order valence-electron chi connectivity index (χ1n) is 7.32. The number of benzene rings is 2. The zero-order chi connectivity index (χ0) is 17.1. The second-order valence-electron chi connectivity index (χ2n) is 5.31. The van der Waals surface area contributed by atoms with Gasteiger partial charge in [0.2, 0.25) is 5.91 Å². The summed E-state index contributed by atoms with van der Waals surface area (Å²) in [6.07, 6.45) is 0.156. The molecule has 3 N–H and O–H groups in total. The molecule has 0 aromatic heterocycles. The van der Waals surface area contributed by atoms with Gasteiger partial charge in [0.1, 0.15) is 11.8 Å². The summed E-state index contributed by atoms with van der Waals surface area (Å²) >= 11 is 5.82. The molecule has 2 aromatic carbocycles. The minimum Gasteiger partial charge on any atom is -0.368 e. The standard InChI is InChI=1S/C17H15ClN4O2/c18-11-6-8-12(9-7-11)20-17(24)14-10-15(16(19)23)22(21-14)13-4-2-1-3-5-13/h1-9,15H,10H2,(H2,19,23)(H,20,24). The lowest BCUT2D eigenvalue weighted by molar-refractivity contribution is -0.119. The lowest BCUT2D eigenvalue weighted by atomic mass is 10.1. The van der Waals surface area contributed by atoms with Crippen molar-refractivity contribution in [1.29, 1.82) is 0 Å². The molecule has 0 fully saturated rings. The SMILES string of the molecule is NC(=O)C1CC(C(=O)Nc2ccc(Cl)cc2)=NN1c1ccccc1. The third-order valence-corrected chi connectivity index (χ3v) is 3.88. The van der Waals surface area contributed by atoms with E-state index in [0.717, 1.165) is 0 Å². The summed E-state index contributed by atoms with van der Waals surface area (Å²) in [5.41, 5.74) is 7.01. The van der Waals surface area contributed by atoms with Gasteiger partial charge >= 0.3 is 0 Å². The Morgan fingerprint density at radius 2 is 1.79 bits per heavy atom. The number of primary amides is 1. The Hall–Kier alpha value is -2.86. The van der Waals surface area contributed by atoms with E-state index in [1.165, 1.54) is 5.01 Å². The number of nitrogens with one attached hydrogen (secondary N) is 1. The first-order valence-corrected chi connectivity index (χ1v) is 7.70. The topological polar surface area (TPSA) is 87.8 Å². The Morgan fingerprint density at radius 3 is 2.42 bits per heavy atom. The molecule has 2 amide bonds. The Bertz CT molecular complexity index is 790. The van der Waals surface area contributed by atoms with Gasteiger partial charge in [-0.3, -0.25) is 14.6 Å². The second kappa shape index (κ2) is 6.72. The average Bonchev–Trinajstić information content (AvgIpc) is 3.03. The molecule has 0 saturated carbocycles. The van der Waals surface area contributed by atoms with Gasteiger partial charge in [0, 0.05) is 17.1 Å². The highest BCUT2D eigenvalue weighted by Crippen LogP contribution is 2.24. The predicted octanol–water partition coefficient (Wildman–Crippen LogP) is 2.40. The molecule has 2 aromatic rings. The van der Waals surface area contributed by atoms with Crippen molar-refractivity contribution >= 4 is 40.5 Å². The van der Waals surface area contributed by atoms with Gasteiger partial charge in [-0.2, -0.15) is 5.10 Å². The highest BCUT2D eigenvalue weighted by atomic mass is 35.5. The molecule has 0 saturated heterocycles. The van der Waals surface area contributed by atoms with Crippen LogP contribution in [0.4, 0.5) is 11.4 Å². The lowest BCUT2D eigenvalue weighted by Crippen LogP contribution is -2.39. The molecule has 0 aliphatic carbocycles. The molecule has 24 heavy (non-hydrogen) atoms. The molecule has 7 heteroatoms. The zero-order valence-electron chi connectivity index (χ0n) is 12.6. The van der Waals surface area contributed by atoms with Crippen LogP contribution in [-0.2, 0) is 9.59 Å². The monoisotopic (exact) mass is 342 g/mol. The number of hydrogen-bond acceptors (Lipinski definition) is 4. The first kappa shape index (κ1) is 16.0. The van der Waals surface area contributed by atoms with Crippen LogP contribution in [-0.4, -0.2) is 23.6 Å². The number of amides is 2. The van der Waals surface area contributed by atoms with Gasteiger partial charge in [0.05, 0.1) is 5.69 Å². The summed E-state index contributed by atoms with van der Waals surface area (Å²) in [5.74, 6) is -0.904. The molecule has 3 rings (SSSR count). The maximum Gasteiger partial charge on any atom is 0.271 e. The third-order valence-electron chi connectivity index (χ3n) is 3.62. The summed E-state index contributed by atoms with van der Waals surface area (Å²) in [6.45, 7) is 0. The number of carbonyl (C=O) groups is 2. The molecule has 1 atom stereocenters. The van der Waals surface area contributed by atoms with Gasteiger partial charge in [-0.1, -0.05) is 29.8 Å². The van der Waals surface area contributed by atoms with Crippen molar-refractivity contribution in [3.63, 3.8) is 0 Å². The highest BCUT2D eigenvalue weighted by Gasteiger charge is 2.34. The van der Waals surface area contributed by atoms with Crippen LogP contribution in [0.3, 0.4) is 0 Å². The van der Waals surface area contributed by atoms with E-state index >= 15 is 0 Å². The number of para-hydroxylation sites is 1. The number of nitrogens with two attached hydrogens (primary N) is 1. The van der Waals surface area contributed by atoms with Crippen LogP contribution in [0.5, 0.6) is 0 Å². The number of hydrogen-bond donors (Lipinski definition) is 2. The molecular formula is C17H15ClN4O2. The van der Waals surface area contributed by atoms with E-state index in [9.17, 15) is 9.59 Å². The number of anilines is 2. The van der Waals surface area contributed by atoms with Crippen LogP contribution in [0.15, 0.2) is 59.7 Å². The van der Waals surface area contributed by atoms with Crippen LogP contribution in [0.25, 0.3) is 0 Å². The Labute approximate surface area is 143 Å². The van der Waals surface area contributed by atoms with Gasteiger partial charge in [0.15, 0.2) is 0 Å². The molecule has 1 heterocycles. The zero-order valence-corrected chi connectivity index (χ0v) is 13.4. The summed E-state index contributed by atoms with van der Waals surface area (Å²) in [5, 5.41) is 9.09. The predicted molar refractivity (Wildman–Crippen MR) is 94.0 cm³/mol. The van der Waals surface area contributed by atoms with E-state index < -0.39 is 11.9 Å². The molecule has 0 bridgehead atoms. The van der Waals surface area contributed by atoms with E-state index in [-0.39, 0.29) is 18.0 Å². The van der Waals surface area contributed by atoms with Gasteiger partial charge in [0.25, 0.3) is 5.91 Å². The van der Waals surface area contributed by atoms with Gasteiger partial charge < -0.3 is 11.1 Å². The third kappa shape index (κ3) is 3.38. The van der Waals surface area contributed by atoms with Crippen LogP contribution in [0, 0.1) is 0 Å². The fourth-order valence-corrected chi connectivity index (χ4v) is 2.55. The van der Waals surface area contributed by atoms with Crippen molar-refractivity contribution in [2.24, 2.45) is 10.8 Å². The fourth-order valence-electron chi connectivity index (χ4n) is 2.42. The van der Waals surface area contributed by atoms with Crippen molar-refractivity contribution in [3.05, 3.63) is 59.6 Å². The molecule has 1 aliphatic rings. The smallest absolute Gasteiger partial charge is 0.271 e. The maximum absolute atomic E-state index is 12.4. The highest BCUT2D eigenvalue weighted by molar-refractivity contribution is 6.44. The Kier molecular flexibility index (Phi) is 4.48. The summed E-state index contributed by atoms with van der Waals surface area (Å²) < 4.78 is 0. The van der Waals surface area contributed by atoms with Gasteiger partial charge in [-0.15, -0.1) is 0 Å². The molecule has 1 aliphatic heterocycles. The maximum atomic E-state index is 12.4. The minimum absolute atomic E-state index is 0.156. The number of nitrogens with zero attached hydrogens (tertiary/aromatic N) is 2. The van der Waals surface area contributed by atoms with E-state index in [4.69, 9.17) is 17.3 Å². The van der Waals surface area contributed by atoms with Crippen LogP contribution in [0.2, 0.25) is 5.02 Å². The largest absolute Gasteiger partial charge is 0.368 e. The number of carbonyl (C=O) groups excluding carboxylic acids is 2. The minimum atomic E-state index is -0.682. The van der Waals surface area contributed by atoms with Crippen LogP contribution >= 0.6 is 11.6 Å². The van der Waals surface area contributed by atoms with Crippen molar-refractivity contribution in [2.75, 3.05) is 10.3 Å². The van der Waals surface area contributed by atoms with Crippen molar-refractivity contribution < 1.29 is 9.59 Å². The van der Waals surface area contributed by atoms with Crippen LogP contribution in [0.1, 0.15) is 6.42 Å². The normalized spacial score (nSPS) is 16.6. The van der Waals surface area contributed by atoms with E-state index in [2.05, 4.69) is 10.4 Å². The summed E-state index contributed by atoms with van der Waals surface area (Å²) in [6, 6.07) is 15.2. The average molecular weight is 343 g/mol. The second-order valence-corrected chi connectivity index (χ2v) is 5.75. The summed E-state index contributed by atoms with van der Waals surface area (Å²) in [7, 11) is 0.